The average molecular weight is 264 g/mol. The largest absolute Gasteiger partial charge is 0.0842 e. The fraction of sp³-hybridized carbons (Fsp3) is 0.250. The highest BCUT2D eigenvalue weighted by Crippen LogP contribution is 2.23. The maximum absolute atomic E-state index is 3.50. The Kier molecular flexibility index (Phi) is 2.93. The van der Waals surface area contributed by atoms with Crippen LogP contribution < -0.4 is 0 Å². The topological polar surface area (TPSA) is 0 Å². The van der Waals surface area contributed by atoms with Crippen LogP contribution in [0.4, 0.5) is 0 Å². The molecule has 0 radical (unpaired) electrons. The Labute approximate surface area is 77.9 Å². The molecule has 0 heterocycles. The first-order chi connectivity index (χ1) is 4.70. The van der Waals surface area contributed by atoms with E-state index in [2.05, 4.69) is 50.9 Å². The van der Waals surface area contributed by atoms with Gasteiger partial charge in [0.2, 0.25) is 0 Å². The molecule has 0 fully saturated rings. The van der Waals surface area contributed by atoms with Crippen molar-refractivity contribution >= 4 is 31.9 Å². The van der Waals surface area contributed by atoms with Crippen LogP contribution >= 0.6 is 31.9 Å². The van der Waals surface area contributed by atoms with Crippen LogP contribution in [0.1, 0.15) is 17.3 Å². The molecule has 0 spiro atoms. The van der Waals surface area contributed by atoms with Crippen molar-refractivity contribution < 1.29 is 0 Å². The number of alkyl halides is 1. The molecular formula is C8H8Br2. The van der Waals surface area contributed by atoms with Gasteiger partial charge >= 0.3 is 0 Å². The van der Waals surface area contributed by atoms with Crippen LogP contribution in [0.2, 0.25) is 0 Å². The van der Waals surface area contributed by atoms with E-state index in [9.17, 15) is 0 Å². The molecule has 0 aliphatic carbocycles. The molecular weight excluding hydrogens is 256 g/mol. The normalized spacial score (nSPS) is 13.1. The predicted octanol–water partition coefficient (Wildman–Crippen LogP) is 3.91. The van der Waals surface area contributed by atoms with Crippen molar-refractivity contribution in [3.05, 3.63) is 34.3 Å². The maximum atomic E-state index is 3.50. The number of halogens is 2. The van der Waals surface area contributed by atoms with E-state index in [4.69, 9.17) is 0 Å². The Bertz CT molecular complexity index is 218. The zero-order valence-electron chi connectivity index (χ0n) is 5.64. The Balaban J connectivity index is 2.96. The van der Waals surface area contributed by atoms with E-state index in [1.54, 1.807) is 0 Å². The van der Waals surface area contributed by atoms with E-state index >= 15 is 0 Å². The van der Waals surface area contributed by atoms with E-state index in [1.165, 1.54) is 5.56 Å². The summed E-state index contributed by atoms with van der Waals surface area (Å²) in [6, 6.07) is 8.28. The summed E-state index contributed by atoms with van der Waals surface area (Å²) in [7, 11) is 0. The first kappa shape index (κ1) is 8.28. The van der Waals surface area contributed by atoms with Crippen molar-refractivity contribution in [2.45, 2.75) is 11.8 Å². The standard InChI is InChI=1S/C8H8Br2/c1-6(9)7-3-2-4-8(10)5-7/h2-6H,1H3. The van der Waals surface area contributed by atoms with Crippen molar-refractivity contribution in [1.82, 2.24) is 0 Å². The van der Waals surface area contributed by atoms with Gasteiger partial charge in [0.1, 0.15) is 0 Å². The third-order valence-electron chi connectivity index (χ3n) is 1.31. The van der Waals surface area contributed by atoms with E-state index in [1.807, 2.05) is 12.1 Å². The van der Waals surface area contributed by atoms with Crippen LogP contribution in [0.5, 0.6) is 0 Å². The molecule has 2 heteroatoms. The lowest BCUT2D eigenvalue weighted by molar-refractivity contribution is 1.12. The van der Waals surface area contributed by atoms with Gasteiger partial charge in [0.25, 0.3) is 0 Å². The molecule has 0 saturated heterocycles. The van der Waals surface area contributed by atoms with E-state index in [0.717, 1.165) is 4.47 Å². The lowest BCUT2D eigenvalue weighted by Gasteiger charge is -2.02. The smallest absolute Gasteiger partial charge is 0.0367 e. The summed E-state index contributed by atoms with van der Waals surface area (Å²) in [6.07, 6.45) is 0. The fourth-order valence-corrected chi connectivity index (χ4v) is 1.46. The van der Waals surface area contributed by atoms with Gasteiger partial charge in [-0.2, -0.15) is 0 Å². The Morgan fingerprint density at radius 1 is 1.40 bits per heavy atom. The quantitative estimate of drug-likeness (QED) is 0.674. The molecule has 54 valence electrons. The van der Waals surface area contributed by atoms with Crippen LogP contribution in [0, 0.1) is 0 Å². The molecule has 1 rings (SSSR count). The van der Waals surface area contributed by atoms with Gasteiger partial charge in [-0.1, -0.05) is 44.0 Å². The predicted molar refractivity (Wildman–Crippen MR) is 51.5 cm³/mol. The Morgan fingerprint density at radius 2 is 2.10 bits per heavy atom. The highest BCUT2D eigenvalue weighted by molar-refractivity contribution is 9.10. The second kappa shape index (κ2) is 3.54. The van der Waals surface area contributed by atoms with Crippen molar-refractivity contribution in [2.75, 3.05) is 0 Å². The summed E-state index contributed by atoms with van der Waals surface area (Å²) in [4.78, 5) is 0.435. The molecule has 10 heavy (non-hydrogen) atoms. The summed E-state index contributed by atoms with van der Waals surface area (Å²) >= 11 is 6.91. The van der Waals surface area contributed by atoms with Crippen molar-refractivity contribution in [3.8, 4) is 0 Å². The minimum atomic E-state index is 0.435. The van der Waals surface area contributed by atoms with Crippen molar-refractivity contribution in [2.24, 2.45) is 0 Å². The number of rotatable bonds is 1. The van der Waals surface area contributed by atoms with Gasteiger partial charge < -0.3 is 0 Å². The van der Waals surface area contributed by atoms with E-state index in [-0.39, 0.29) is 0 Å². The number of hydrogen-bond acceptors (Lipinski definition) is 0. The number of hydrogen-bond donors (Lipinski definition) is 0. The summed E-state index contributed by atoms with van der Waals surface area (Å²) in [5, 5.41) is 0. The summed E-state index contributed by atoms with van der Waals surface area (Å²) in [5.74, 6) is 0. The first-order valence-electron chi connectivity index (χ1n) is 3.09. The molecule has 0 bridgehead atoms. The fourth-order valence-electron chi connectivity index (χ4n) is 0.754. The van der Waals surface area contributed by atoms with Crippen molar-refractivity contribution in [1.29, 1.82) is 0 Å². The zero-order valence-corrected chi connectivity index (χ0v) is 8.81. The van der Waals surface area contributed by atoms with Gasteiger partial charge in [0.15, 0.2) is 0 Å². The first-order valence-corrected chi connectivity index (χ1v) is 4.80. The third kappa shape index (κ3) is 2.10. The molecule has 1 atom stereocenters. The van der Waals surface area contributed by atoms with Gasteiger partial charge in [-0.25, -0.2) is 0 Å². The molecule has 0 aromatic heterocycles. The van der Waals surface area contributed by atoms with E-state index in [0.29, 0.717) is 4.83 Å². The Morgan fingerprint density at radius 3 is 2.50 bits per heavy atom. The monoisotopic (exact) mass is 262 g/mol. The lowest BCUT2D eigenvalue weighted by Crippen LogP contribution is -1.81. The van der Waals surface area contributed by atoms with Gasteiger partial charge in [-0.05, 0) is 24.6 Å². The van der Waals surface area contributed by atoms with Gasteiger partial charge in [0, 0.05) is 9.30 Å². The third-order valence-corrected chi connectivity index (χ3v) is 2.33. The highest BCUT2D eigenvalue weighted by atomic mass is 79.9. The van der Waals surface area contributed by atoms with Gasteiger partial charge in [0.05, 0.1) is 0 Å². The molecule has 1 aromatic carbocycles. The summed E-state index contributed by atoms with van der Waals surface area (Å²) in [5.41, 5.74) is 1.30. The SMILES string of the molecule is CC(Br)c1cccc(Br)c1. The molecule has 0 aliphatic rings. The van der Waals surface area contributed by atoms with Crippen LogP contribution in [0.15, 0.2) is 28.7 Å². The van der Waals surface area contributed by atoms with Crippen LogP contribution in [-0.4, -0.2) is 0 Å². The molecule has 0 saturated carbocycles. The average Bonchev–Trinajstić information content (AvgIpc) is 1.88. The zero-order chi connectivity index (χ0) is 7.56. The second-order valence-electron chi connectivity index (χ2n) is 2.17. The minimum Gasteiger partial charge on any atom is -0.0842 e. The van der Waals surface area contributed by atoms with Crippen molar-refractivity contribution in [3.63, 3.8) is 0 Å². The van der Waals surface area contributed by atoms with Gasteiger partial charge in [-0.15, -0.1) is 0 Å². The minimum absolute atomic E-state index is 0.435. The van der Waals surface area contributed by atoms with Crippen LogP contribution in [0.25, 0.3) is 0 Å². The lowest BCUT2D eigenvalue weighted by atomic mass is 10.2. The highest BCUT2D eigenvalue weighted by Gasteiger charge is 1.98. The van der Waals surface area contributed by atoms with Crippen LogP contribution in [0.3, 0.4) is 0 Å². The molecule has 0 amide bonds. The molecule has 1 unspecified atom stereocenters. The summed E-state index contributed by atoms with van der Waals surface area (Å²) in [6.45, 7) is 2.11. The summed E-state index contributed by atoms with van der Waals surface area (Å²) < 4.78 is 1.14. The number of benzene rings is 1. The molecule has 0 aliphatic heterocycles. The second-order valence-corrected chi connectivity index (χ2v) is 4.46. The van der Waals surface area contributed by atoms with Crippen LogP contribution in [-0.2, 0) is 0 Å². The van der Waals surface area contributed by atoms with Gasteiger partial charge in [-0.3, -0.25) is 0 Å². The Hall–Kier alpha value is 0.180. The maximum Gasteiger partial charge on any atom is 0.0367 e. The molecule has 1 aromatic rings. The van der Waals surface area contributed by atoms with E-state index < -0.39 is 0 Å². The molecule has 0 nitrogen and oxygen atoms in total. The molecule has 0 N–H and O–H groups in total.